The van der Waals surface area contributed by atoms with Crippen LogP contribution in [-0.2, 0) is 6.42 Å². The number of hydrogen-bond donors (Lipinski definition) is 1. The Labute approximate surface area is 53.5 Å². The average Bonchev–Trinajstić information content (AvgIpc) is 1.89. The van der Waals surface area contributed by atoms with Crippen LogP contribution in [0.3, 0.4) is 0 Å². The summed E-state index contributed by atoms with van der Waals surface area (Å²) >= 11 is 0. The lowest BCUT2D eigenvalue weighted by molar-refractivity contribution is 1.12. The first-order valence-electron chi connectivity index (χ1n) is 2.80. The molecule has 1 aromatic rings. The summed E-state index contributed by atoms with van der Waals surface area (Å²) < 4.78 is 0. The van der Waals surface area contributed by atoms with Crippen molar-refractivity contribution in [3.63, 3.8) is 0 Å². The Morgan fingerprint density at radius 3 is 2.89 bits per heavy atom. The predicted octanol–water partition coefficient (Wildman–Crippen LogP) is 0.751. The summed E-state index contributed by atoms with van der Waals surface area (Å²) in [6, 6.07) is 3.56. The van der Waals surface area contributed by atoms with Gasteiger partial charge in [0.05, 0.1) is 0 Å². The molecule has 47 valence electrons. The Kier molecular flexibility index (Phi) is 1.68. The third-order valence-electron chi connectivity index (χ3n) is 1.17. The fraction of sp³-hybridized carbons (Fsp3) is 0.143. The largest absolute Gasteiger partial charge is 0.329 e. The maximum absolute atomic E-state index is 10.8. The zero-order chi connectivity index (χ0) is 6.69. The van der Waals surface area contributed by atoms with Crippen molar-refractivity contribution in [2.45, 2.75) is 6.42 Å². The fourth-order valence-electron chi connectivity index (χ4n) is 0.653. The molecule has 9 heavy (non-hydrogen) atoms. The molecule has 0 bridgehead atoms. The zero-order valence-electron chi connectivity index (χ0n) is 5.05. The molecule has 0 saturated carbocycles. The van der Waals surface area contributed by atoms with Gasteiger partial charge in [0.1, 0.15) is 0 Å². The summed E-state index contributed by atoms with van der Waals surface area (Å²) in [6.45, 7) is 3.60. The Bertz CT molecular complexity index is 239. The van der Waals surface area contributed by atoms with Gasteiger partial charge >= 0.3 is 0 Å². The van der Waals surface area contributed by atoms with Crippen molar-refractivity contribution >= 4 is 0 Å². The lowest BCUT2D eigenvalue weighted by Crippen LogP contribution is -2.09. The van der Waals surface area contributed by atoms with Crippen LogP contribution < -0.4 is 5.56 Å². The third kappa shape index (κ3) is 1.19. The third-order valence-corrected chi connectivity index (χ3v) is 1.17. The van der Waals surface area contributed by atoms with Gasteiger partial charge in [0.2, 0.25) is 0 Å². The van der Waals surface area contributed by atoms with E-state index >= 15 is 0 Å². The lowest BCUT2D eigenvalue weighted by atomic mass is 10.2. The van der Waals surface area contributed by atoms with Crippen LogP contribution in [0.5, 0.6) is 0 Å². The number of nitrogens with one attached hydrogen (secondary N) is 1. The van der Waals surface area contributed by atoms with Gasteiger partial charge in [0.15, 0.2) is 0 Å². The molecule has 2 heteroatoms. The molecule has 0 aliphatic carbocycles. The van der Waals surface area contributed by atoms with Crippen molar-refractivity contribution in [3.05, 3.63) is 41.2 Å². The van der Waals surface area contributed by atoms with Crippen LogP contribution in [-0.4, -0.2) is 4.98 Å². The summed E-state index contributed by atoms with van der Waals surface area (Å²) in [6.07, 6.45) is 2.16. The van der Waals surface area contributed by atoms with Crippen molar-refractivity contribution < 1.29 is 0 Å². The summed E-state index contributed by atoms with van der Waals surface area (Å²) in [5.74, 6) is 0. The zero-order valence-corrected chi connectivity index (χ0v) is 5.05. The second-order valence-electron chi connectivity index (χ2n) is 1.77. The first-order valence-corrected chi connectivity index (χ1v) is 2.80. The van der Waals surface area contributed by atoms with Gasteiger partial charge < -0.3 is 4.98 Å². The van der Waals surface area contributed by atoms with E-state index in [4.69, 9.17) is 0 Å². The Morgan fingerprint density at radius 1 is 1.67 bits per heavy atom. The van der Waals surface area contributed by atoms with E-state index in [1.165, 1.54) is 0 Å². The minimum Gasteiger partial charge on any atom is -0.329 e. The monoisotopic (exact) mass is 122 g/mol. The normalized spacial score (nSPS) is 9.44. The Morgan fingerprint density at radius 2 is 2.44 bits per heavy atom. The number of pyridine rings is 1. The molecule has 2 nitrogen and oxygen atoms in total. The van der Waals surface area contributed by atoms with Gasteiger partial charge in [0.25, 0.3) is 5.56 Å². The molecule has 1 aromatic heterocycles. The van der Waals surface area contributed by atoms with Crippen LogP contribution in [0.1, 0.15) is 5.56 Å². The quantitative estimate of drug-likeness (QED) is 0.585. The molecule has 1 N–H and O–H groups in total. The van der Waals surface area contributed by atoms with E-state index in [9.17, 15) is 4.79 Å². The minimum atomic E-state index is -0.0347. The molecule has 0 amide bonds. The van der Waals surface area contributed by atoms with Crippen molar-refractivity contribution in [3.8, 4) is 0 Å². The highest BCUT2D eigenvalue weighted by molar-refractivity contribution is 5.09. The van der Waals surface area contributed by atoms with E-state index in [1.54, 1.807) is 18.3 Å². The van der Waals surface area contributed by atoms with E-state index in [-0.39, 0.29) is 5.56 Å². The number of H-pyrrole nitrogens is 1. The average molecular weight is 122 g/mol. The molecule has 0 fully saturated rings. The fourth-order valence-corrected chi connectivity index (χ4v) is 0.653. The predicted molar refractivity (Wildman–Crippen MR) is 36.1 cm³/mol. The molecule has 0 spiro atoms. The topological polar surface area (TPSA) is 32.9 Å². The molecule has 0 aliphatic rings. The van der Waals surface area contributed by atoms with Gasteiger partial charge in [-0.3, -0.25) is 4.79 Å². The first kappa shape index (κ1) is 6.08. The van der Waals surface area contributed by atoms with Crippen LogP contribution in [0.4, 0.5) is 0 Å². The maximum atomic E-state index is 10.8. The molecule has 0 unspecified atom stereocenters. The summed E-state index contributed by atoms with van der Waals surface area (Å²) in [5.41, 5.74) is 0.699. The summed E-state index contributed by atoms with van der Waals surface area (Å²) in [4.78, 5) is 13.3. The molecule has 0 atom stereocenters. The van der Waals surface area contributed by atoms with Gasteiger partial charge in [-0.2, -0.15) is 0 Å². The van der Waals surface area contributed by atoms with Crippen molar-refractivity contribution in [2.24, 2.45) is 0 Å². The first-order chi connectivity index (χ1) is 4.34. The van der Waals surface area contributed by atoms with Crippen molar-refractivity contribution in [1.29, 1.82) is 0 Å². The van der Waals surface area contributed by atoms with E-state index in [1.807, 2.05) is 0 Å². The SMILES string of the molecule is [CH2]Cc1ccc[nH]c1=O. The Balaban J connectivity index is 3.16. The smallest absolute Gasteiger partial charge is 0.251 e. The van der Waals surface area contributed by atoms with Crippen molar-refractivity contribution in [2.75, 3.05) is 0 Å². The highest BCUT2D eigenvalue weighted by Gasteiger charge is 1.90. The molecular weight excluding hydrogens is 114 g/mol. The lowest BCUT2D eigenvalue weighted by Gasteiger charge is -1.89. The van der Waals surface area contributed by atoms with E-state index in [2.05, 4.69) is 11.9 Å². The molecule has 1 heterocycles. The molecule has 0 aliphatic heterocycles. The maximum Gasteiger partial charge on any atom is 0.251 e. The van der Waals surface area contributed by atoms with Gasteiger partial charge in [0, 0.05) is 11.8 Å². The van der Waals surface area contributed by atoms with E-state index in [0.29, 0.717) is 6.42 Å². The summed E-state index contributed by atoms with van der Waals surface area (Å²) in [5, 5.41) is 0. The van der Waals surface area contributed by atoms with Gasteiger partial charge in [-0.25, -0.2) is 0 Å². The van der Waals surface area contributed by atoms with Crippen LogP contribution in [0.15, 0.2) is 23.1 Å². The molecule has 0 saturated heterocycles. The van der Waals surface area contributed by atoms with Crippen LogP contribution in [0.25, 0.3) is 0 Å². The van der Waals surface area contributed by atoms with Gasteiger partial charge in [-0.05, 0) is 19.4 Å². The standard InChI is InChI=1S/C7H8NO/c1-2-6-4-3-5-8-7(6)9/h3-5H,1-2H2,(H,8,9). The highest BCUT2D eigenvalue weighted by atomic mass is 16.1. The van der Waals surface area contributed by atoms with Gasteiger partial charge in [-0.15, -0.1) is 0 Å². The van der Waals surface area contributed by atoms with Crippen molar-refractivity contribution in [1.82, 2.24) is 4.98 Å². The highest BCUT2D eigenvalue weighted by Crippen LogP contribution is 1.87. The van der Waals surface area contributed by atoms with E-state index < -0.39 is 0 Å². The number of aromatic amines is 1. The van der Waals surface area contributed by atoms with Crippen LogP contribution in [0.2, 0.25) is 0 Å². The molecule has 0 aromatic carbocycles. The minimum absolute atomic E-state index is 0.0347. The molecular formula is C7H8NO. The number of rotatable bonds is 1. The summed E-state index contributed by atoms with van der Waals surface area (Å²) in [7, 11) is 0. The van der Waals surface area contributed by atoms with Gasteiger partial charge in [-0.1, -0.05) is 6.07 Å². The number of hydrogen-bond acceptors (Lipinski definition) is 1. The Hall–Kier alpha value is -1.05. The molecule has 1 radical (unpaired) electrons. The molecule has 1 rings (SSSR count). The number of aromatic nitrogens is 1. The second kappa shape index (κ2) is 2.49. The second-order valence-corrected chi connectivity index (χ2v) is 1.77. The van der Waals surface area contributed by atoms with Crippen LogP contribution in [0, 0.1) is 6.92 Å². The van der Waals surface area contributed by atoms with Crippen LogP contribution >= 0.6 is 0 Å². The van der Waals surface area contributed by atoms with E-state index in [0.717, 1.165) is 5.56 Å².